The van der Waals surface area contributed by atoms with E-state index in [1.807, 2.05) is 60.7 Å². The fourth-order valence-electron chi connectivity index (χ4n) is 2.64. The zero-order valence-electron chi connectivity index (χ0n) is 16.3. The Morgan fingerprint density at radius 3 is 2.38 bits per heavy atom. The van der Waals surface area contributed by atoms with Crippen molar-refractivity contribution in [2.75, 3.05) is 14.2 Å². The molecule has 0 bridgehead atoms. The average molecular weight is 390 g/mol. The second-order valence-electron chi connectivity index (χ2n) is 6.11. The maximum Gasteiger partial charge on any atom is 0.331 e. The highest BCUT2D eigenvalue weighted by atomic mass is 16.5. The van der Waals surface area contributed by atoms with Gasteiger partial charge in [0.25, 0.3) is 0 Å². The second kappa shape index (κ2) is 9.99. The number of hydrogen-bond donors (Lipinski definition) is 0. The lowest BCUT2D eigenvalue weighted by Crippen LogP contribution is -2.01. The lowest BCUT2D eigenvalue weighted by Gasteiger charge is -2.08. The van der Waals surface area contributed by atoms with Gasteiger partial charge in [0.2, 0.25) is 0 Å². The first-order valence-electron chi connectivity index (χ1n) is 9.06. The molecule has 0 aliphatic carbocycles. The Morgan fingerprint density at radius 1 is 0.828 bits per heavy atom. The number of hydrogen-bond acceptors (Lipinski definition) is 5. The molecule has 0 saturated heterocycles. The molecule has 0 radical (unpaired) electrons. The van der Waals surface area contributed by atoms with Gasteiger partial charge in [-0.1, -0.05) is 30.3 Å². The van der Waals surface area contributed by atoms with Gasteiger partial charge < -0.3 is 18.9 Å². The van der Waals surface area contributed by atoms with E-state index in [9.17, 15) is 4.79 Å². The smallest absolute Gasteiger partial charge is 0.331 e. The van der Waals surface area contributed by atoms with Gasteiger partial charge in [-0.15, -0.1) is 0 Å². The van der Waals surface area contributed by atoms with Crippen LogP contribution in [-0.2, 0) is 16.1 Å². The number of esters is 1. The van der Waals surface area contributed by atoms with Gasteiger partial charge in [-0.05, 0) is 48.0 Å². The zero-order valence-corrected chi connectivity index (χ0v) is 16.3. The molecule has 0 fully saturated rings. The lowest BCUT2D eigenvalue weighted by molar-refractivity contribution is -0.138. The molecule has 0 amide bonds. The Morgan fingerprint density at radius 2 is 1.62 bits per heavy atom. The van der Waals surface area contributed by atoms with Crippen LogP contribution in [-0.4, -0.2) is 20.2 Å². The molecule has 3 aromatic rings. The van der Waals surface area contributed by atoms with Crippen LogP contribution in [0.2, 0.25) is 0 Å². The molecule has 0 unspecified atom stereocenters. The van der Waals surface area contributed by atoms with Crippen LogP contribution in [0.25, 0.3) is 6.08 Å². The summed E-state index contributed by atoms with van der Waals surface area (Å²) >= 11 is 0. The van der Waals surface area contributed by atoms with E-state index in [0.717, 1.165) is 16.9 Å². The van der Waals surface area contributed by atoms with Crippen molar-refractivity contribution in [3.8, 4) is 23.0 Å². The van der Waals surface area contributed by atoms with Crippen molar-refractivity contribution in [2.45, 2.75) is 6.61 Å². The number of carbonyl (C=O) groups is 1. The highest BCUT2D eigenvalue weighted by Crippen LogP contribution is 2.26. The van der Waals surface area contributed by atoms with E-state index in [1.165, 1.54) is 6.08 Å². The van der Waals surface area contributed by atoms with Gasteiger partial charge >= 0.3 is 5.97 Å². The van der Waals surface area contributed by atoms with Crippen LogP contribution in [0.5, 0.6) is 23.0 Å². The van der Waals surface area contributed by atoms with Crippen molar-refractivity contribution in [2.24, 2.45) is 0 Å². The van der Waals surface area contributed by atoms with E-state index >= 15 is 0 Å². The summed E-state index contributed by atoms with van der Waals surface area (Å²) in [5.41, 5.74) is 1.59. The molecule has 0 saturated carbocycles. The monoisotopic (exact) mass is 390 g/mol. The summed E-state index contributed by atoms with van der Waals surface area (Å²) in [6, 6.07) is 22.3. The number of para-hydroxylation sites is 1. The Labute approximate surface area is 170 Å². The fraction of sp³-hybridized carbons (Fsp3) is 0.125. The first kappa shape index (κ1) is 20.0. The summed E-state index contributed by atoms with van der Waals surface area (Å²) in [7, 11) is 3.15. The van der Waals surface area contributed by atoms with E-state index in [1.54, 1.807) is 32.4 Å². The van der Waals surface area contributed by atoms with E-state index in [-0.39, 0.29) is 6.61 Å². The molecule has 0 heterocycles. The molecule has 5 heteroatoms. The maximum atomic E-state index is 12.1. The van der Waals surface area contributed by atoms with Crippen LogP contribution in [0.1, 0.15) is 11.1 Å². The van der Waals surface area contributed by atoms with Crippen LogP contribution < -0.4 is 14.2 Å². The van der Waals surface area contributed by atoms with Crippen LogP contribution >= 0.6 is 0 Å². The van der Waals surface area contributed by atoms with Crippen LogP contribution in [0, 0.1) is 0 Å². The first-order chi connectivity index (χ1) is 14.2. The molecule has 29 heavy (non-hydrogen) atoms. The molecular weight excluding hydrogens is 368 g/mol. The number of carbonyl (C=O) groups excluding carboxylic acids is 1. The van der Waals surface area contributed by atoms with E-state index in [4.69, 9.17) is 18.9 Å². The Bertz CT molecular complexity index is 980. The number of rotatable bonds is 8. The highest BCUT2D eigenvalue weighted by Gasteiger charge is 2.05. The van der Waals surface area contributed by atoms with Gasteiger partial charge in [0.1, 0.15) is 29.6 Å². The zero-order chi connectivity index (χ0) is 20.5. The predicted molar refractivity (Wildman–Crippen MR) is 111 cm³/mol. The Kier molecular flexibility index (Phi) is 6.90. The SMILES string of the molecule is COc1ccc(/C=C/C(=O)OCc2cccc(Oc3ccccc3)c2)c(OC)c1. The quantitative estimate of drug-likeness (QED) is 0.388. The van der Waals surface area contributed by atoms with E-state index in [0.29, 0.717) is 17.2 Å². The van der Waals surface area contributed by atoms with Gasteiger partial charge in [-0.3, -0.25) is 0 Å². The van der Waals surface area contributed by atoms with Crippen molar-refractivity contribution in [1.29, 1.82) is 0 Å². The summed E-state index contributed by atoms with van der Waals surface area (Å²) in [5, 5.41) is 0. The van der Waals surface area contributed by atoms with Crippen molar-refractivity contribution in [3.05, 3.63) is 90.0 Å². The standard InChI is InChI=1S/C24H22O5/c1-26-21-13-11-19(23(16-21)27-2)12-14-24(25)28-17-18-7-6-10-22(15-18)29-20-8-4-3-5-9-20/h3-16H,17H2,1-2H3/b14-12+. The third-order valence-corrected chi connectivity index (χ3v) is 4.10. The minimum atomic E-state index is -0.447. The molecule has 5 nitrogen and oxygen atoms in total. The van der Waals surface area contributed by atoms with Crippen molar-refractivity contribution in [3.63, 3.8) is 0 Å². The minimum absolute atomic E-state index is 0.148. The lowest BCUT2D eigenvalue weighted by atomic mass is 10.1. The summed E-state index contributed by atoms with van der Waals surface area (Å²) in [6.07, 6.45) is 3.02. The molecule has 0 aliphatic heterocycles. The second-order valence-corrected chi connectivity index (χ2v) is 6.11. The van der Waals surface area contributed by atoms with Crippen molar-refractivity contribution >= 4 is 12.0 Å². The van der Waals surface area contributed by atoms with Gasteiger partial charge in [0.05, 0.1) is 14.2 Å². The minimum Gasteiger partial charge on any atom is -0.497 e. The van der Waals surface area contributed by atoms with E-state index < -0.39 is 5.97 Å². The largest absolute Gasteiger partial charge is 0.497 e. The summed E-state index contributed by atoms with van der Waals surface area (Å²) in [6.45, 7) is 0.148. The molecule has 0 spiro atoms. The van der Waals surface area contributed by atoms with Crippen molar-refractivity contribution in [1.82, 2.24) is 0 Å². The topological polar surface area (TPSA) is 54.0 Å². The number of benzene rings is 3. The number of methoxy groups -OCH3 is 2. The van der Waals surface area contributed by atoms with Crippen LogP contribution in [0.15, 0.2) is 78.9 Å². The summed E-state index contributed by atoms with van der Waals surface area (Å²) in [5.74, 6) is 2.27. The van der Waals surface area contributed by atoms with Gasteiger partial charge in [0.15, 0.2) is 0 Å². The predicted octanol–water partition coefficient (Wildman–Crippen LogP) is 5.25. The third kappa shape index (κ3) is 5.87. The van der Waals surface area contributed by atoms with Crippen molar-refractivity contribution < 1.29 is 23.7 Å². The molecule has 3 rings (SSSR count). The molecule has 148 valence electrons. The molecule has 0 N–H and O–H groups in total. The maximum absolute atomic E-state index is 12.1. The van der Waals surface area contributed by atoms with Gasteiger partial charge in [-0.2, -0.15) is 0 Å². The summed E-state index contributed by atoms with van der Waals surface area (Å²) < 4.78 is 21.6. The molecular formula is C24H22O5. The van der Waals surface area contributed by atoms with Crippen LogP contribution in [0.4, 0.5) is 0 Å². The average Bonchev–Trinajstić information content (AvgIpc) is 2.77. The Hall–Kier alpha value is -3.73. The normalized spacial score (nSPS) is 10.6. The highest BCUT2D eigenvalue weighted by molar-refractivity contribution is 5.87. The summed E-state index contributed by atoms with van der Waals surface area (Å²) in [4.78, 5) is 12.1. The van der Waals surface area contributed by atoms with E-state index in [2.05, 4.69) is 0 Å². The first-order valence-corrected chi connectivity index (χ1v) is 9.06. The van der Waals surface area contributed by atoms with Crippen LogP contribution in [0.3, 0.4) is 0 Å². The molecule has 0 aliphatic rings. The third-order valence-electron chi connectivity index (χ3n) is 4.10. The molecule has 0 aromatic heterocycles. The van der Waals surface area contributed by atoms with Gasteiger partial charge in [-0.25, -0.2) is 4.79 Å². The molecule has 0 atom stereocenters. The van der Waals surface area contributed by atoms with Gasteiger partial charge in [0, 0.05) is 17.7 Å². The number of ether oxygens (including phenoxy) is 4. The Balaban J connectivity index is 1.58. The molecule has 3 aromatic carbocycles. The fourth-order valence-corrected chi connectivity index (χ4v) is 2.64.